The van der Waals surface area contributed by atoms with Crippen LogP contribution in [0.5, 0.6) is 0 Å². The first-order valence-corrected chi connectivity index (χ1v) is 5.11. The maximum Gasteiger partial charge on any atom is 0.292 e. The number of benzene rings is 1. The molecule has 7 nitrogen and oxygen atoms in total. The number of hydrogen-bond donors (Lipinski definition) is 1. The molecule has 0 aliphatic heterocycles. The Kier molecular flexibility index (Phi) is 3.05. The number of nitro groups is 1. The van der Waals surface area contributed by atoms with E-state index in [1.165, 1.54) is 35.3 Å². The average molecular weight is 246 g/mol. The van der Waals surface area contributed by atoms with E-state index in [9.17, 15) is 14.9 Å². The molecule has 1 aromatic carbocycles. The first kappa shape index (κ1) is 11.8. The lowest BCUT2D eigenvalue weighted by atomic mass is 10.1. The van der Waals surface area contributed by atoms with Crippen LogP contribution in [0.3, 0.4) is 0 Å². The molecular weight excluding hydrogens is 236 g/mol. The Bertz CT molecular complexity index is 651. The highest BCUT2D eigenvalue weighted by atomic mass is 16.6. The summed E-state index contributed by atoms with van der Waals surface area (Å²) in [5.74, 6) is 0. The van der Waals surface area contributed by atoms with Crippen molar-refractivity contribution in [2.24, 2.45) is 0 Å². The fourth-order valence-electron chi connectivity index (χ4n) is 1.56. The van der Waals surface area contributed by atoms with Crippen LogP contribution in [0, 0.1) is 10.1 Å². The zero-order chi connectivity index (χ0) is 13.1. The van der Waals surface area contributed by atoms with Gasteiger partial charge in [0.15, 0.2) is 0 Å². The highest BCUT2D eigenvalue weighted by Crippen LogP contribution is 2.22. The molecule has 2 aromatic rings. The number of anilines is 1. The number of nitrogens with zero attached hydrogens (tertiary/aromatic N) is 3. The summed E-state index contributed by atoms with van der Waals surface area (Å²) < 4.78 is 1.39. The van der Waals surface area contributed by atoms with Crippen molar-refractivity contribution in [3.63, 3.8) is 0 Å². The molecule has 0 aliphatic carbocycles. The first-order valence-electron chi connectivity index (χ1n) is 5.11. The second-order valence-electron chi connectivity index (χ2n) is 3.70. The Hall–Kier alpha value is -2.70. The third-order valence-corrected chi connectivity index (χ3v) is 2.43. The average Bonchev–Trinajstić information content (AvgIpc) is 2.32. The third kappa shape index (κ3) is 2.34. The molecule has 0 spiro atoms. The molecule has 92 valence electrons. The Morgan fingerprint density at radius 2 is 2.17 bits per heavy atom. The minimum Gasteiger partial charge on any atom is -0.393 e. The fraction of sp³-hybridized carbons (Fsp3) is 0.0909. The molecule has 0 bridgehead atoms. The van der Waals surface area contributed by atoms with Crippen molar-refractivity contribution in [3.05, 3.63) is 62.8 Å². The molecule has 0 unspecified atom stereocenters. The highest BCUT2D eigenvalue weighted by Gasteiger charge is 2.11. The first-order chi connectivity index (χ1) is 8.58. The van der Waals surface area contributed by atoms with Crippen LogP contribution in [0.1, 0.15) is 5.56 Å². The van der Waals surface area contributed by atoms with E-state index in [2.05, 4.69) is 4.98 Å². The Balaban J connectivity index is 2.31. The van der Waals surface area contributed by atoms with Gasteiger partial charge in [-0.25, -0.2) is 4.98 Å². The lowest BCUT2D eigenvalue weighted by molar-refractivity contribution is -0.383. The quantitative estimate of drug-likeness (QED) is 0.489. The molecule has 2 N–H and O–H groups in total. The Morgan fingerprint density at radius 3 is 2.78 bits per heavy atom. The second kappa shape index (κ2) is 4.66. The van der Waals surface area contributed by atoms with Crippen LogP contribution in [0.15, 0.2) is 41.6 Å². The largest absolute Gasteiger partial charge is 0.393 e. The van der Waals surface area contributed by atoms with Gasteiger partial charge in [0.2, 0.25) is 0 Å². The molecule has 1 aromatic heterocycles. The van der Waals surface area contributed by atoms with Gasteiger partial charge < -0.3 is 5.73 Å². The summed E-state index contributed by atoms with van der Waals surface area (Å²) in [6.45, 7) is 0.273. The van der Waals surface area contributed by atoms with E-state index in [0.717, 1.165) is 0 Å². The van der Waals surface area contributed by atoms with E-state index in [1.54, 1.807) is 6.07 Å². The van der Waals surface area contributed by atoms with Crippen molar-refractivity contribution in [3.8, 4) is 0 Å². The predicted molar refractivity (Wildman–Crippen MR) is 65.1 cm³/mol. The summed E-state index contributed by atoms with van der Waals surface area (Å²) in [4.78, 5) is 25.4. The smallest absolute Gasteiger partial charge is 0.292 e. The summed E-state index contributed by atoms with van der Waals surface area (Å²) in [5, 5.41) is 10.6. The number of hydrogen-bond acceptors (Lipinski definition) is 5. The second-order valence-corrected chi connectivity index (χ2v) is 3.70. The van der Waals surface area contributed by atoms with Gasteiger partial charge in [-0.2, -0.15) is 0 Å². The van der Waals surface area contributed by atoms with Crippen molar-refractivity contribution in [1.82, 2.24) is 9.55 Å². The van der Waals surface area contributed by atoms with Crippen LogP contribution in [0.2, 0.25) is 0 Å². The molecule has 18 heavy (non-hydrogen) atoms. The predicted octanol–water partition coefficient (Wildman–Crippen LogP) is 0.782. The minimum atomic E-state index is -0.546. The summed E-state index contributed by atoms with van der Waals surface area (Å²) in [6.07, 6.45) is 2.81. The lowest BCUT2D eigenvalue weighted by Gasteiger charge is -2.05. The summed E-state index contributed by atoms with van der Waals surface area (Å²) in [6, 6.07) is 5.71. The molecule has 0 amide bonds. The van der Waals surface area contributed by atoms with E-state index < -0.39 is 4.92 Å². The summed E-state index contributed by atoms with van der Waals surface area (Å²) in [7, 11) is 0. The normalized spacial score (nSPS) is 10.2. The highest BCUT2D eigenvalue weighted by molar-refractivity contribution is 5.59. The summed E-state index contributed by atoms with van der Waals surface area (Å²) >= 11 is 0. The molecule has 0 aliphatic rings. The topological polar surface area (TPSA) is 104 Å². The Morgan fingerprint density at radius 1 is 1.39 bits per heavy atom. The molecule has 2 rings (SSSR count). The monoisotopic (exact) mass is 246 g/mol. The molecule has 0 atom stereocenters. The number of nitro benzene ring substituents is 1. The number of aromatic nitrogens is 2. The SMILES string of the molecule is Nc1cc(Cn2cnccc2=O)ccc1[N+](=O)[O-]. The van der Waals surface area contributed by atoms with Gasteiger partial charge in [0, 0.05) is 18.3 Å². The standard InChI is InChI=1S/C11H10N4O3/c12-9-5-8(1-2-10(9)15(17)18)6-14-7-13-4-3-11(14)16/h1-5,7H,6,12H2. The molecule has 0 radical (unpaired) electrons. The minimum absolute atomic E-state index is 0.0782. The van der Waals surface area contributed by atoms with Crippen LogP contribution in [0.4, 0.5) is 11.4 Å². The summed E-state index contributed by atoms with van der Waals surface area (Å²) in [5.41, 5.74) is 6.02. The van der Waals surface area contributed by atoms with E-state index in [4.69, 9.17) is 5.73 Å². The van der Waals surface area contributed by atoms with E-state index in [0.29, 0.717) is 5.56 Å². The van der Waals surface area contributed by atoms with Crippen LogP contribution in [0.25, 0.3) is 0 Å². The lowest BCUT2D eigenvalue weighted by Crippen LogP contribution is -2.19. The van der Waals surface area contributed by atoms with Gasteiger partial charge in [0.05, 0.1) is 17.8 Å². The van der Waals surface area contributed by atoms with Crippen molar-refractivity contribution < 1.29 is 4.92 Å². The van der Waals surface area contributed by atoms with Crippen molar-refractivity contribution in [2.75, 3.05) is 5.73 Å². The Labute approximate surface area is 102 Å². The van der Waals surface area contributed by atoms with Gasteiger partial charge in [-0.15, -0.1) is 0 Å². The van der Waals surface area contributed by atoms with Gasteiger partial charge in [-0.3, -0.25) is 19.5 Å². The van der Waals surface area contributed by atoms with Crippen molar-refractivity contribution in [2.45, 2.75) is 6.54 Å². The molecule has 0 saturated carbocycles. The fourth-order valence-corrected chi connectivity index (χ4v) is 1.56. The molecular formula is C11H10N4O3. The molecule has 1 heterocycles. The number of nitrogen functional groups attached to an aromatic ring is 1. The van der Waals surface area contributed by atoms with Gasteiger partial charge >= 0.3 is 0 Å². The van der Waals surface area contributed by atoms with Gasteiger partial charge in [-0.1, -0.05) is 6.07 Å². The molecule has 7 heteroatoms. The van der Waals surface area contributed by atoms with Crippen LogP contribution in [-0.2, 0) is 6.54 Å². The maximum atomic E-state index is 11.5. The van der Waals surface area contributed by atoms with E-state index >= 15 is 0 Å². The van der Waals surface area contributed by atoms with E-state index in [1.807, 2.05) is 0 Å². The van der Waals surface area contributed by atoms with Crippen molar-refractivity contribution in [1.29, 1.82) is 0 Å². The third-order valence-electron chi connectivity index (χ3n) is 2.43. The van der Waals surface area contributed by atoms with Crippen LogP contribution in [-0.4, -0.2) is 14.5 Å². The number of rotatable bonds is 3. The van der Waals surface area contributed by atoms with E-state index in [-0.39, 0.29) is 23.5 Å². The molecule has 0 saturated heterocycles. The zero-order valence-corrected chi connectivity index (χ0v) is 9.31. The van der Waals surface area contributed by atoms with Crippen molar-refractivity contribution >= 4 is 11.4 Å². The van der Waals surface area contributed by atoms with Gasteiger partial charge in [0.1, 0.15) is 5.69 Å². The zero-order valence-electron chi connectivity index (χ0n) is 9.31. The van der Waals surface area contributed by atoms with Gasteiger partial charge in [0.25, 0.3) is 11.2 Å². The molecule has 0 fully saturated rings. The van der Waals surface area contributed by atoms with Gasteiger partial charge in [-0.05, 0) is 11.6 Å². The maximum absolute atomic E-state index is 11.5. The van der Waals surface area contributed by atoms with Crippen LogP contribution < -0.4 is 11.3 Å². The number of nitrogens with two attached hydrogens (primary N) is 1. The van der Waals surface area contributed by atoms with Crippen LogP contribution >= 0.6 is 0 Å².